The van der Waals surface area contributed by atoms with Crippen LogP contribution in [0.15, 0.2) is 4.99 Å². The molecule has 8 heteroatoms. The Hall–Kier alpha value is -0.770. The van der Waals surface area contributed by atoms with Crippen LogP contribution in [0, 0.1) is 5.92 Å². The van der Waals surface area contributed by atoms with E-state index in [1.54, 1.807) is 0 Å². The third-order valence-electron chi connectivity index (χ3n) is 5.90. The summed E-state index contributed by atoms with van der Waals surface area (Å²) in [5.41, 5.74) is -0.431. The number of amides is 1. The molecule has 2 heterocycles. The van der Waals surface area contributed by atoms with Crippen LogP contribution in [0.4, 0.5) is 4.79 Å². The van der Waals surface area contributed by atoms with Gasteiger partial charge in [0.1, 0.15) is 5.60 Å². The number of guanidine groups is 1. The standard InChI is InChI=1S/C22H43N5O2.HI/c1-18-9-6-7-13-26(18)14-8-12-24-20(23-5)25-17-19-10-15-27(16-11-19)21(28)29-22(2,3)4;/h18-19H,6-17H2,1-5H3,(H2,23,24,25);1H. The molecule has 1 unspecified atom stereocenters. The third kappa shape index (κ3) is 10.0. The first-order valence-electron chi connectivity index (χ1n) is 11.4. The lowest BCUT2D eigenvalue weighted by Crippen LogP contribution is -2.45. The molecule has 0 aliphatic carbocycles. The molecule has 1 atom stereocenters. The number of nitrogens with zero attached hydrogens (tertiary/aromatic N) is 3. The predicted octanol–water partition coefficient (Wildman–Crippen LogP) is 3.68. The van der Waals surface area contributed by atoms with E-state index in [1.807, 2.05) is 32.7 Å². The molecule has 2 saturated heterocycles. The number of likely N-dealkylation sites (tertiary alicyclic amines) is 2. The van der Waals surface area contributed by atoms with Gasteiger partial charge in [-0.3, -0.25) is 4.99 Å². The summed E-state index contributed by atoms with van der Waals surface area (Å²) in [7, 11) is 1.83. The summed E-state index contributed by atoms with van der Waals surface area (Å²) in [5, 5.41) is 6.90. The number of hydrogen-bond acceptors (Lipinski definition) is 4. The monoisotopic (exact) mass is 537 g/mol. The Morgan fingerprint density at radius 2 is 1.80 bits per heavy atom. The lowest BCUT2D eigenvalue weighted by molar-refractivity contribution is 0.0185. The van der Waals surface area contributed by atoms with Crippen molar-refractivity contribution in [1.82, 2.24) is 20.4 Å². The van der Waals surface area contributed by atoms with Gasteiger partial charge in [-0.2, -0.15) is 0 Å². The van der Waals surface area contributed by atoms with Crippen molar-refractivity contribution in [1.29, 1.82) is 0 Å². The number of piperidine rings is 2. The van der Waals surface area contributed by atoms with Crippen LogP contribution in [-0.2, 0) is 4.74 Å². The van der Waals surface area contributed by atoms with E-state index in [0.717, 1.165) is 64.0 Å². The Morgan fingerprint density at radius 1 is 1.10 bits per heavy atom. The number of halogens is 1. The van der Waals surface area contributed by atoms with E-state index in [9.17, 15) is 4.79 Å². The predicted molar refractivity (Wildman–Crippen MR) is 135 cm³/mol. The van der Waals surface area contributed by atoms with E-state index in [-0.39, 0.29) is 30.1 Å². The zero-order chi connectivity index (χ0) is 21.3. The third-order valence-corrected chi connectivity index (χ3v) is 5.90. The van der Waals surface area contributed by atoms with Crippen LogP contribution in [0.25, 0.3) is 0 Å². The van der Waals surface area contributed by atoms with Crippen LogP contribution in [0.5, 0.6) is 0 Å². The number of aliphatic imine (C=N–C) groups is 1. The molecule has 2 aliphatic rings. The molecule has 0 saturated carbocycles. The molecule has 0 aromatic rings. The second-order valence-corrected chi connectivity index (χ2v) is 9.52. The van der Waals surface area contributed by atoms with E-state index in [2.05, 4.69) is 27.4 Å². The Kier molecular flexibility index (Phi) is 12.4. The number of carbonyl (C=O) groups is 1. The van der Waals surface area contributed by atoms with Crippen molar-refractivity contribution in [3.63, 3.8) is 0 Å². The molecule has 2 aliphatic heterocycles. The van der Waals surface area contributed by atoms with Crippen LogP contribution >= 0.6 is 24.0 Å². The molecule has 0 spiro atoms. The van der Waals surface area contributed by atoms with Gasteiger partial charge >= 0.3 is 6.09 Å². The highest BCUT2D eigenvalue weighted by molar-refractivity contribution is 14.0. The summed E-state index contributed by atoms with van der Waals surface area (Å²) in [6.45, 7) is 13.9. The van der Waals surface area contributed by atoms with Crippen LogP contribution in [-0.4, -0.2) is 79.8 Å². The lowest BCUT2D eigenvalue weighted by atomic mass is 9.97. The van der Waals surface area contributed by atoms with Crippen molar-refractivity contribution in [3.8, 4) is 0 Å². The maximum atomic E-state index is 12.2. The molecule has 0 aromatic heterocycles. The van der Waals surface area contributed by atoms with Gasteiger partial charge in [-0.25, -0.2) is 4.79 Å². The molecule has 30 heavy (non-hydrogen) atoms. The molecule has 2 rings (SSSR count). The highest BCUT2D eigenvalue weighted by Gasteiger charge is 2.26. The van der Waals surface area contributed by atoms with Crippen LogP contribution in [0.1, 0.15) is 66.2 Å². The Bertz CT molecular complexity index is 530. The Morgan fingerprint density at radius 3 is 2.40 bits per heavy atom. The van der Waals surface area contributed by atoms with Crippen LogP contribution in [0.2, 0.25) is 0 Å². The fourth-order valence-corrected chi connectivity index (χ4v) is 4.09. The normalized spacial score (nSPS) is 21.7. The second kappa shape index (κ2) is 13.6. The zero-order valence-electron chi connectivity index (χ0n) is 19.7. The largest absolute Gasteiger partial charge is 0.444 e. The topological polar surface area (TPSA) is 69.2 Å². The van der Waals surface area contributed by atoms with Crippen molar-refractivity contribution in [2.45, 2.75) is 77.9 Å². The minimum atomic E-state index is -0.431. The Balaban J connectivity index is 0.00000450. The van der Waals surface area contributed by atoms with Gasteiger partial charge in [0.25, 0.3) is 0 Å². The highest BCUT2D eigenvalue weighted by Crippen LogP contribution is 2.19. The molecule has 2 fully saturated rings. The van der Waals surface area contributed by atoms with E-state index in [4.69, 9.17) is 4.74 Å². The van der Waals surface area contributed by atoms with Crippen molar-refractivity contribution in [2.24, 2.45) is 10.9 Å². The van der Waals surface area contributed by atoms with Gasteiger partial charge in [0.15, 0.2) is 5.96 Å². The summed E-state index contributed by atoms with van der Waals surface area (Å²) in [5.74, 6) is 1.44. The average Bonchev–Trinajstić information content (AvgIpc) is 2.68. The smallest absolute Gasteiger partial charge is 0.410 e. The number of nitrogens with one attached hydrogen (secondary N) is 2. The summed E-state index contributed by atoms with van der Waals surface area (Å²) >= 11 is 0. The molecule has 1 amide bonds. The Labute approximate surface area is 200 Å². The van der Waals surface area contributed by atoms with E-state index in [1.165, 1.54) is 25.8 Å². The maximum Gasteiger partial charge on any atom is 0.410 e. The van der Waals surface area contributed by atoms with Crippen LogP contribution in [0.3, 0.4) is 0 Å². The highest BCUT2D eigenvalue weighted by atomic mass is 127. The van der Waals surface area contributed by atoms with Crippen molar-refractivity contribution in [3.05, 3.63) is 0 Å². The van der Waals surface area contributed by atoms with Gasteiger partial charge in [0, 0.05) is 45.8 Å². The van der Waals surface area contributed by atoms with Gasteiger partial charge in [-0.15, -0.1) is 24.0 Å². The summed E-state index contributed by atoms with van der Waals surface area (Å²) in [6, 6.07) is 0.729. The quantitative estimate of drug-likeness (QED) is 0.234. The second-order valence-electron chi connectivity index (χ2n) is 9.52. The van der Waals surface area contributed by atoms with Gasteiger partial charge in [0.2, 0.25) is 0 Å². The number of rotatable bonds is 6. The van der Waals surface area contributed by atoms with E-state index >= 15 is 0 Å². The lowest BCUT2D eigenvalue weighted by Gasteiger charge is -2.34. The fourth-order valence-electron chi connectivity index (χ4n) is 4.09. The molecule has 0 bridgehead atoms. The average molecular weight is 538 g/mol. The SMILES string of the molecule is CN=C(NCCCN1CCCCC1C)NCC1CCN(C(=O)OC(C)(C)C)CC1.I. The molecule has 176 valence electrons. The van der Waals surface area contributed by atoms with Crippen molar-refractivity contribution >= 4 is 36.0 Å². The van der Waals surface area contributed by atoms with Gasteiger partial charge < -0.3 is 25.2 Å². The first-order chi connectivity index (χ1) is 13.8. The first-order valence-corrected chi connectivity index (χ1v) is 11.4. The van der Waals surface area contributed by atoms with E-state index < -0.39 is 5.60 Å². The molecular weight excluding hydrogens is 493 g/mol. The first kappa shape index (κ1) is 27.3. The molecule has 0 radical (unpaired) electrons. The molecular formula is C22H44IN5O2. The maximum absolute atomic E-state index is 12.2. The van der Waals surface area contributed by atoms with Crippen LogP contribution < -0.4 is 10.6 Å². The van der Waals surface area contributed by atoms with E-state index in [0.29, 0.717) is 5.92 Å². The minimum Gasteiger partial charge on any atom is -0.444 e. The van der Waals surface area contributed by atoms with Gasteiger partial charge in [0.05, 0.1) is 0 Å². The number of ether oxygens (including phenoxy) is 1. The fraction of sp³-hybridized carbons (Fsp3) is 0.909. The van der Waals surface area contributed by atoms with Gasteiger partial charge in [-0.05, 0) is 72.3 Å². The zero-order valence-corrected chi connectivity index (χ0v) is 22.0. The minimum absolute atomic E-state index is 0. The summed E-state index contributed by atoms with van der Waals surface area (Å²) in [4.78, 5) is 21.0. The van der Waals surface area contributed by atoms with Gasteiger partial charge in [-0.1, -0.05) is 6.42 Å². The summed E-state index contributed by atoms with van der Waals surface area (Å²) < 4.78 is 5.47. The van der Waals surface area contributed by atoms with Crippen molar-refractivity contribution < 1.29 is 9.53 Å². The number of hydrogen-bond donors (Lipinski definition) is 2. The number of carbonyl (C=O) groups excluding carboxylic acids is 1. The molecule has 0 aromatic carbocycles. The molecule has 7 nitrogen and oxygen atoms in total. The summed E-state index contributed by atoms with van der Waals surface area (Å²) in [6.07, 6.45) is 7.00. The van der Waals surface area contributed by atoms with Crippen molar-refractivity contribution in [2.75, 3.05) is 46.3 Å². The molecule has 2 N–H and O–H groups in total.